The van der Waals surface area contributed by atoms with Gasteiger partial charge in [0, 0.05) is 5.69 Å². The molecule has 1 fully saturated rings. The first-order valence-electron chi connectivity index (χ1n) is 10.5. The van der Waals surface area contributed by atoms with Gasteiger partial charge in [-0.15, -0.1) is 0 Å². The average Bonchev–Trinajstić information content (AvgIpc) is 3.12. The molecular weight excluding hydrogens is 434 g/mol. The second kappa shape index (κ2) is 9.91. The van der Waals surface area contributed by atoms with Gasteiger partial charge in [0.15, 0.2) is 0 Å². The summed E-state index contributed by atoms with van der Waals surface area (Å²) >= 11 is 0. The summed E-state index contributed by atoms with van der Waals surface area (Å²) in [5.74, 6) is 0.384. The third-order valence-corrected chi connectivity index (χ3v) is 5.28. The topological polar surface area (TPSA) is 97.0 Å². The summed E-state index contributed by atoms with van der Waals surface area (Å²) in [5, 5.41) is 5.19. The molecule has 1 aliphatic heterocycles. The molecule has 3 aromatic carbocycles. The quantitative estimate of drug-likeness (QED) is 0.414. The van der Waals surface area contributed by atoms with Crippen LogP contribution in [0, 0.1) is 0 Å². The van der Waals surface area contributed by atoms with Gasteiger partial charge in [-0.2, -0.15) is 0 Å². The molecule has 0 spiro atoms. The molecule has 4 rings (SSSR count). The molecule has 1 saturated heterocycles. The molecule has 0 atom stereocenters. The minimum Gasteiger partial charge on any atom is -0.497 e. The van der Waals surface area contributed by atoms with Crippen molar-refractivity contribution in [3.8, 4) is 22.6 Å². The first kappa shape index (κ1) is 22.6. The summed E-state index contributed by atoms with van der Waals surface area (Å²) < 4.78 is 10.3. The van der Waals surface area contributed by atoms with E-state index < -0.39 is 24.4 Å². The van der Waals surface area contributed by atoms with Gasteiger partial charge in [-0.05, 0) is 59.2 Å². The molecular formula is C26H23N3O5. The van der Waals surface area contributed by atoms with Crippen molar-refractivity contribution in [3.63, 3.8) is 0 Å². The van der Waals surface area contributed by atoms with Crippen LogP contribution >= 0.6 is 0 Å². The SMILES string of the molecule is COc1ccc(NC(=O)CN2C(=O)N/C(=C\c3ccc(-c4ccc(OC)cc4)cc3)C2=O)cc1. The first-order valence-corrected chi connectivity index (χ1v) is 10.5. The standard InChI is InChI=1S/C26H23N3O5/c1-33-21-11-7-19(8-12-21)18-5-3-17(4-6-18)15-23-25(31)29(26(32)28-23)16-24(30)27-20-9-13-22(34-2)14-10-20/h3-15H,16H2,1-2H3,(H,27,30)(H,28,32)/b23-15-. The fraction of sp³-hybridized carbons (Fsp3) is 0.115. The van der Waals surface area contributed by atoms with E-state index in [2.05, 4.69) is 10.6 Å². The maximum absolute atomic E-state index is 12.7. The smallest absolute Gasteiger partial charge is 0.329 e. The zero-order valence-electron chi connectivity index (χ0n) is 18.7. The highest BCUT2D eigenvalue weighted by molar-refractivity contribution is 6.15. The number of urea groups is 1. The Morgan fingerprint density at radius 1 is 0.853 bits per heavy atom. The molecule has 0 saturated carbocycles. The van der Waals surface area contributed by atoms with Crippen LogP contribution in [0.5, 0.6) is 11.5 Å². The van der Waals surface area contributed by atoms with Crippen LogP contribution in [0.15, 0.2) is 78.5 Å². The number of nitrogens with zero attached hydrogens (tertiary/aromatic N) is 1. The van der Waals surface area contributed by atoms with Gasteiger partial charge in [0.05, 0.1) is 14.2 Å². The molecule has 8 heteroatoms. The number of nitrogens with one attached hydrogen (secondary N) is 2. The fourth-order valence-corrected chi connectivity index (χ4v) is 3.46. The Bertz CT molecular complexity index is 1230. The average molecular weight is 457 g/mol. The highest BCUT2D eigenvalue weighted by atomic mass is 16.5. The molecule has 1 heterocycles. The van der Waals surface area contributed by atoms with Crippen molar-refractivity contribution in [2.45, 2.75) is 0 Å². The highest BCUT2D eigenvalue weighted by Gasteiger charge is 2.34. The van der Waals surface area contributed by atoms with Crippen molar-refractivity contribution in [2.75, 3.05) is 26.1 Å². The van der Waals surface area contributed by atoms with Crippen LogP contribution in [0.4, 0.5) is 10.5 Å². The number of imide groups is 1. The normalized spacial score (nSPS) is 14.2. The van der Waals surface area contributed by atoms with E-state index in [9.17, 15) is 14.4 Å². The number of rotatable bonds is 7. The Balaban J connectivity index is 1.41. The number of methoxy groups -OCH3 is 2. The molecule has 34 heavy (non-hydrogen) atoms. The third-order valence-electron chi connectivity index (χ3n) is 5.28. The Morgan fingerprint density at radius 2 is 1.38 bits per heavy atom. The number of hydrogen-bond acceptors (Lipinski definition) is 5. The van der Waals surface area contributed by atoms with Gasteiger partial charge in [-0.1, -0.05) is 36.4 Å². The minimum absolute atomic E-state index is 0.111. The number of carbonyl (C=O) groups excluding carboxylic acids is 3. The number of carbonyl (C=O) groups is 3. The monoisotopic (exact) mass is 457 g/mol. The molecule has 3 aromatic rings. The number of amides is 4. The van der Waals surface area contributed by atoms with Gasteiger partial charge in [0.1, 0.15) is 23.7 Å². The van der Waals surface area contributed by atoms with Gasteiger partial charge in [0.25, 0.3) is 5.91 Å². The van der Waals surface area contributed by atoms with E-state index in [0.717, 1.165) is 27.3 Å². The molecule has 1 aliphatic rings. The van der Waals surface area contributed by atoms with Crippen molar-refractivity contribution in [1.82, 2.24) is 10.2 Å². The second-order valence-electron chi connectivity index (χ2n) is 7.51. The summed E-state index contributed by atoms with van der Waals surface area (Å²) in [6.45, 7) is -0.398. The first-order chi connectivity index (χ1) is 16.5. The minimum atomic E-state index is -0.643. The number of benzene rings is 3. The van der Waals surface area contributed by atoms with Crippen LogP contribution in [0.2, 0.25) is 0 Å². The van der Waals surface area contributed by atoms with E-state index in [1.165, 1.54) is 0 Å². The summed E-state index contributed by atoms with van der Waals surface area (Å²) in [5.41, 5.74) is 3.41. The molecule has 8 nitrogen and oxygen atoms in total. The van der Waals surface area contributed by atoms with Crippen LogP contribution in [0.3, 0.4) is 0 Å². The number of ether oxygens (including phenoxy) is 2. The molecule has 0 unspecified atom stereocenters. The van der Waals surface area contributed by atoms with E-state index in [1.54, 1.807) is 44.6 Å². The summed E-state index contributed by atoms with van der Waals surface area (Å²) in [7, 11) is 3.17. The van der Waals surface area contributed by atoms with Gasteiger partial charge in [-0.3, -0.25) is 9.59 Å². The summed E-state index contributed by atoms with van der Waals surface area (Å²) in [6, 6.07) is 21.3. The Morgan fingerprint density at radius 3 is 1.94 bits per heavy atom. The van der Waals surface area contributed by atoms with Crippen LogP contribution in [0.1, 0.15) is 5.56 Å². The summed E-state index contributed by atoms with van der Waals surface area (Å²) in [6.07, 6.45) is 1.58. The number of hydrogen-bond donors (Lipinski definition) is 2. The van der Waals surface area contributed by atoms with Crippen molar-refractivity contribution in [1.29, 1.82) is 0 Å². The van der Waals surface area contributed by atoms with Crippen LogP contribution in [-0.4, -0.2) is 43.5 Å². The lowest BCUT2D eigenvalue weighted by Crippen LogP contribution is -2.38. The highest BCUT2D eigenvalue weighted by Crippen LogP contribution is 2.24. The fourth-order valence-electron chi connectivity index (χ4n) is 3.46. The van der Waals surface area contributed by atoms with Crippen molar-refractivity contribution < 1.29 is 23.9 Å². The zero-order chi connectivity index (χ0) is 24.1. The van der Waals surface area contributed by atoms with Crippen molar-refractivity contribution >= 4 is 29.6 Å². The largest absolute Gasteiger partial charge is 0.497 e. The second-order valence-corrected chi connectivity index (χ2v) is 7.51. The predicted octanol–water partition coefficient (Wildman–Crippen LogP) is 3.90. The van der Waals surface area contributed by atoms with E-state index in [4.69, 9.17) is 9.47 Å². The molecule has 4 amide bonds. The lowest BCUT2D eigenvalue weighted by Gasteiger charge is -2.12. The molecule has 0 bridgehead atoms. The van der Waals surface area contributed by atoms with Crippen LogP contribution < -0.4 is 20.1 Å². The van der Waals surface area contributed by atoms with Gasteiger partial charge in [0.2, 0.25) is 5.91 Å². The molecule has 0 aliphatic carbocycles. The van der Waals surface area contributed by atoms with Crippen molar-refractivity contribution in [2.24, 2.45) is 0 Å². The maximum Gasteiger partial charge on any atom is 0.329 e. The summed E-state index contributed by atoms with van der Waals surface area (Å²) in [4.78, 5) is 38.2. The zero-order valence-corrected chi connectivity index (χ0v) is 18.7. The van der Waals surface area contributed by atoms with Gasteiger partial charge in [-0.25, -0.2) is 9.69 Å². The van der Waals surface area contributed by atoms with E-state index in [0.29, 0.717) is 11.4 Å². The lowest BCUT2D eigenvalue weighted by atomic mass is 10.0. The lowest BCUT2D eigenvalue weighted by molar-refractivity contribution is -0.127. The van der Waals surface area contributed by atoms with Crippen molar-refractivity contribution in [3.05, 3.63) is 84.1 Å². The molecule has 172 valence electrons. The Kier molecular flexibility index (Phi) is 6.59. The molecule has 0 radical (unpaired) electrons. The molecule has 2 N–H and O–H groups in total. The third kappa shape index (κ3) is 5.07. The maximum atomic E-state index is 12.7. The van der Waals surface area contributed by atoms with Gasteiger partial charge >= 0.3 is 6.03 Å². The Hall–Kier alpha value is -4.59. The predicted molar refractivity (Wildman–Crippen MR) is 128 cm³/mol. The van der Waals surface area contributed by atoms with E-state index in [-0.39, 0.29) is 5.70 Å². The molecule has 0 aromatic heterocycles. The van der Waals surface area contributed by atoms with E-state index in [1.807, 2.05) is 48.5 Å². The Labute approximate surface area is 196 Å². The van der Waals surface area contributed by atoms with Crippen LogP contribution in [-0.2, 0) is 9.59 Å². The van der Waals surface area contributed by atoms with E-state index >= 15 is 0 Å². The van der Waals surface area contributed by atoms with Crippen LogP contribution in [0.25, 0.3) is 17.2 Å². The van der Waals surface area contributed by atoms with Gasteiger partial charge < -0.3 is 20.1 Å². The number of anilines is 1.